The molecule has 1 atom stereocenters. The number of piperidine rings is 1. The maximum atomic E-state index is 13.9. The van der Waals surface area contributed by atoms with Crippen molar-refractivity contribution >= 4 is 40.2 Å². The zero-order valence-corrected chi connectivity index (χ0v) is 23.7. The fraction of sp³-hybridized carbons (Fsp3) is 0.429. The first-order chi connectivity index (χ1) is 18.8. The smallest absolute Gasteiger partial charge is 0.266 e. The van der Waals surface area contributed by atoms with Gasteiger partial charge in [-0.1, -0.05) is 35.3 Å². The van der Waals surface area contributed by atoms with Gasteiger partial charge in [-0.15, -0.1) is 0 Å². The third kappa shape index (κ3) is 4.66. The molecule has 2 aliphatic rings. The van der Waals surface area contributed by atoms with Crippen LogP contribution in [0.1, 0.15) is 31.7 Å². The van der Waals surface area contributed by atoms with Crippen LogP contribution in [-0.2, 0) is 18.3 Å². The van der Waals surface area contributed by atoms with E-state index in [1.54, 1.807) is 35.7 Å². The second kappa shape index (κ2) is 10.1. The number of rotatable bonds is 5. The van der Waals surface area contributed by atoms with E-state index in [0.717, 1.165) is 50.3 Å². The number of ether oxygens (including phenoxy) is 2. The van der Waals surface area contributed by atoms with Crippen molar-refractivity contribution in [1.29, 1.82) is 0 Å². The van der Waals surface area contributed by atoms with Crippen LogP contribution in [0.4, 0.5) is 5.95 Å². The molecule has 2 aliphatic heterocycles. The third-order valence-corrected chi connectivity index (χ3v) is 8.82. The van der Waals surface area contributed by atoms with Gasteiger partial charge in [-0.25, -0.2) is 4.98 Å². The van der Waals surface area contributed by atoms with E-state index in [1.807, 2.05) is 24.3 Å². The van der Waals surface area contributed by atoms with Crippen molar-refractivity contribution in [1.82, 2.24) is 24.3 Å². The van der Waals surface area contributed by atoms with Crippen LogP contribution < -0.4 is 15.2 Å². The lowest BCUT2D eigenvalue weighted by Gasteiger charge is -2.39. The highest BCUT2D eigenvalue weighted by atomic mass is 35.5. The molecule has 11 heteroatoms. The predicted molar refractivity (Wildman–Crippen MR) is 152 cm³/mol. The summed E-state index contributed by atoms with van der Waals surface area (Å²) in [7, 11) is 3.40. The number of pyridine rings is 1. The Morgan fingerprint density at radius 2 is 1.90 bits per heavy atom. The molecule has 6 rings (SSSR count). The number of hydrogen-bond acceptors (Lipinski definition) is 7. The van der Waals surface area contributed by atoms with Gasteiger partial charge in [0.05, 0.1) is 37.1 Å². The lowest BCUT2D eigenvalue weighted by atomic mass is 9.77. The average molecular weight is 569 g/mol. The maximum Gasteiger partial charge on any atom is 0.266 e. The number of methoxy groups -OCH3 is 1. The number of anilines is 1. The molecule has 9 nitrogen and oxygen atoms in total. The topological polar surface area (TPSA) is 87.3 Å². The van der Waals surface area contributed by atoms with Crippen molar-refractivity contribution in [2.45, 2.75) is 38.8 Å². The van der Waals surface area contributed by atoms with Gasteiger partial charge < -0.3 is 14.4 Å². The highest BCUT2D eigenvalue weighted by molar-refractivity contribution is 6.43. The number of hydrogen-bond donors (Lipinski definition) is 0. The molecule has 4 aromatic rings. The molecule has 0 unspecified atom stereocenters. The van der Waals surface area contributed by atoms with Crippen LogP contribution in [0.3, 0.4) is 0 Å². The molecule has 0 radical (unpaired) electrons. The van der Waals surface area contributed by atoms with E-state index in [2.05, 4.69) is 16.8 Å². The summed E-state index contributed by atoms with van der Waals surface area (Å²) in [5, 5.41) is 5.64. The van der Waals surface area contributed by atoms with Gasteiger partial charge in [0.1, 0.15) is 16.3 Å². The summed E-state index contributed by atoms with van der Waals surface area (Å²) < 4.78 is 14.6. The first kappa shape index (κ1) is 26.1. The molecule has 39 heavy (non-hydrogen) atoms. The van der Waals surface area contributed by atoms with Crippen molar-refractivity contribution in [2.75, 3.05) is 31.7 Å². The minimum absolute atomic E-state index is 0.161. The number of halogens is 2. The standard InChI is InChI=1S/C28H30Cl2N6O3/c1-17-14-28(16-39-17)9-12-35(13-10-28)27-32-25-21(26(37)34(27)2)23(20-8-11-31-24(30)22(20)29)36(33-25)15-18-4-6-19(38-3)7-5-18/h4-8,11,17H,9-10,12-16H2,1-3H3/t17-/m0/s1. The Morgan fingerprint density at radius 3 is 2.56 bits per heavy atom. The number of benzene rings is 1. The second-order valence-electron chi connectivity index (χ2n) is 10.6. The molecule has 3 aromatic heterocycles. The molecule has 0 bridgehead atoms. The SMILES string of the molecule is COc1ccc(Cn2nc3nc(N4CCC5(CC4)CO[C@@H](C)C5)n(C)c(=O)c3c2-c2ccnc(Cl)c2Cl)cc1. The first-order valence-corrected chi connectivity index (χ1v) is 13.8. The zero-order chi connectivity index (χ0) is 27.3. The molecule has 0 saturated carbocycles. The van der Waals surface area contributed by atoms with E-state index < -0.39 is 0 Å². The van der Waals surface area contributed by atoms with Crippen molar-refractivity contribution in [2.24, 2.45) is 12.5 Å². The van der Waals surface area contributed by atoms with Crippen molar-refractivity contribution < 1.29 is 9.47 Å². The number of aromatic nitrogens is 5. The van der Waals surface area contributed by atoms with E-state index in [4.69, 9.17) is 42.8 Å². The van der Waals surface area contributed by atoms with E-state index in [0.29, 0.717) is 40.9 Å². The second-order valence-corrected chi connectivity index (χ2v) is 11.3. The van der Waals surface area contributed by atoms with Crippen LogP contribution in [0.25, 0.3) is 22.3 Å². The molecular weight excluding hydrogens is 539 g/mol. The minimum atomic E-state index is -0.187. The summed E-state index contributed by atoms with van der Waals surface area (Å²) in [4.78, 5) is 25.1. The Bertz CT molecular complexity index is 1590. The molecule has 0 amide bonds. The summed E-state index contributed by atoms with van der Waals surface area (Å²) in [6, 6.07) is 9.46. The highest BCUT2D eigenvalue weighted by Gasteiger charge is 2.41. The monoisotopic (exact) mass is 568 g/mol. The molecule has 0 aliphatic carbocycles. The van der Waals surface area contributed by atoms with Crippen molar-refractivity contribution in [3.8, 4) is 17.0 Å². The molecule has 2 fully saturated rings. The molecule has 5 heterocycles. The van der Waals surface area contributed by atoms with Crippen LogP contribution in [0, 0.1) is 5.41 Å². The normalized spacial score (nSPS) is 18.8. The Labute approximate surface area is 236 Å². The summed E-state index contributed by atoms with van der Waals surface area (Å²) >= 11 is 12.9. The quantitative estimate of drug-likeness (QED) is 0.315. The summed E-state index contributed by atoms with van der Waals surface area (Å²) in [6.07, 6.45) is 4.97. The van der Waals surface area contributed by atoms with Crippen LogP contribution in [-0.4, -0.2) is 57.2 Å². The maximum absolute atomic E-state index is 13.9. The van der Waals surface area contributed by atoms with Crippen LogP contribution in [0.2, 0.25) is 10.2 Å². The summed E-state index contributed by atoms with van der Waals surface area (Å²) in [6.45, 7) is 4.97. The molecule has 2 saturated heterocycles. The lowest BCUT2D eigenvalue weighted by molar-refractivity contribution is 0.0974. The van der Waals surface area contributed by atoms with Gasteiger partial charge in [0, 0.05) is 31.9 Å². The van der Waals surface area contributed by atoms with Crippen molar-refractivity contribution in [3.63, 3.8) is 0 Å². The molecule has 0 N–H and O–H groups in total. The van der Waals surface area contributed by atoms with Gasteiger partial charge in [-0.3, -0.25) is 14.0 Å². The molecule has 1 aromatic carbocycles. The first-order valence-electron chi connectivity index (χ1n) is 13.1. The molecular formula is C28H30Cl2N6O3. The fourth-order valence-corrected chi connectivity index (χ4v) is 6.26. The van der Waals surface area contributed by atoms with E-state index in [-0.39, 0.29) is 21.2 Å². The Kier molecular flexibility index (Phi) is 6.77. The van der Waals surface area contributed by atoms with Crippen LogP contribution in [0.5, 0.6) is 5.75 Å². The van der Waals surface area contributed by atoms with Crippen LogP contribution in [0.15, 0.2) is 41.3 Å². The zero-order valence-electron chi connectivity index (χ0n) is 22.2. The van der Waals surface area contributed by atoms with Gasteiger partial charge in [0.15, 0.2) is 5.65 Å². The summed E-state index contributed by atoms with van der Waals surface area (Å²) in [5.74, 6) is 1.38. The predicted octanol–water partition coefficient (Wildman–Crippen LogP) is 4.95. The van der Waals surface area contributed by atoms with Crippen LogP contribution >= 0.6 is 23.2 Å². The Morgan fingerprint density at radius 1 is 1.15 bits per heavy atom. The number of nitrogens with zero attached hydrogens (tertiary/aromatic N) is 6. The third-order valence-electron chi connectivity index (χ3n) is 8.05. The largest absolute Gasteiger partial charge is 0.497 e. The van der Waals surface area contributed by atoms with E-state index >= 15 is 0 Å². The van der Waals surface area contributed by atoms with E-state index in [1.165, 1.54) is 0 Å². The highest BCUT2D eigenvalue weighted by Crippen LogP contribution is 2.42. The fourth-order valence-electron chi connectivity index (χ4n) is 5.90. The van der Waals surface area contributed by atoms with Gasteiger partial charge >= 0.3 is 0 Å². The Balaban J connectivity index is 1.44. The van der Waals surface area contributed by atoms with Gasteiger partial charge in [0.25, 0.3) is 5.56 Å². The Hall–Kier alpha value is -3.14. The average Bonchev–Trinajstić information content (AvgIpc) is 3.48. The van der Waals surface area contributed by atoms with Gasteiger partial charge in [0.2, 0.25) is 5.95 Å². The van der Waals surface area contributed by atoms with Gasteiger partial charge in [-0.05, 0) is 55.4 Å². The number of fused-ring (bicyclic) bond motifs is 1. The summed E-state index contributed by atoms with van der Waals surface area (Å²) in [5.41, 5.74) is 2.53. The van der Waals surface area contributed by atoms with Crippen molar-refractivity contribution in [3.05, 3.63) is 62.6 Å². The van der Waals surface area contributed by atoms with Gasteiger partial charge in [-0.2, -0.15) is 10.1 Å². The molecule has 1 spiro atoms. The lowest BCUT2D eigenvalue weighted by Crippen LogP contribution is -2.43. The minimum Gasteiger partial charge on any atom is -0.497 e. The molecule has 204 valence electrons. The van der Waals surface area contributed by atoms with E-state index in [9.17, 15) is 4.79 Å².